The van der Waals surface area contributed by atoms with Crippen LogP contribution in [0.5, 0.6) is 17.2 Å². The molecule has 0 saturated carbocycles. The molecule has 5 aromatic carbocycles. The third-order valence-corrected chi connectivity index (χ3v) is 6.90. The highest BCUT2D eigenvalue weighted by Crippen LogP contribution is 2.42. The van der Waals surface area contributed by atoms with Crippen LogP contribution in [-0.4, -0.2) is 24.0 Å². The van der Waals surface area contributed by atoms with Gasteiger partial charge in [0.25, 0.3) is 16.0 Å². The molecule has 10 heteroatoms. The van der Waals surface area contributed by atoms with Gasteiger partial charge < -0.3 is 15.2 Å². The molecular weight excluding hydrogens is 530 g/mol. The van der Waals surface area contributed by atoms with E-state index in [9.17, 15) is 22.9 Å². The summed E-state index contributed by atoms with van der Waals surface area (Å²) in [5.74, 6) is 0.230. The van der Waals surface area contributed by atoms with E-state index in [4.69, 9.17) is 4.74 Å². The fourth-order valence-corrected chi connectivity index (χ4v) is 4.59. The molecule has 200 valence electrons. The van der Waals surface area contributed by atoms with Gasteiger partial charge in [-0.15, -0.1) is 10.2 Å². The van der Waals surface area contributed by atoms with Gasteiger partial charge >= 0.3 is 0 Å². The average molecular weight is 554 g/mol. The second-order valence-electron chi connectivity index (χ2n) is 8.83. The maximum absolute atomic E-state index is 12.9. The molecule has 0 aliphatic rings. The zero-order chi connectivity index (χ0) is 28.3. The number of carbonyl (C=O) groups is 1. The third-order valence-electron chi connectivity index (χ3n) is 6.07. The topological polar surface area (TPSA) is 138 Å². The lowest BCUT2D eigenvalue weighted by Crippen LogP contribution is -2.12. The van der Waals surface area contributed by atoms with Crippen molar-refractivity contribution >= 4 is 43.9 Å². The van der Waals surface area contributed by atoms with E-state index >= 15 is 0 Å². The first-order chi connectivity index (χ1) is 19.2. The zero-order valence-electron chi connectivity index (χ0n) is 21.1. The summed E-state index contributed by atoms with van der Waals surface area (Å²) >= 11 is 0. The van der Waals surface area contributed by atoms with Crippen LogP contribution in [0.3, 0.4) is 0 Å². The molecule has 5 rings (SSSR count). The number of azo groups is 1. The molecule has 0 unspecified atom stereocenters. The number of benzene rings is 5. The van der Waals surface area contributed by atoms with Crippen LogP contribution >= 0.6 is 0 Å². The first-order valence-electron chi connectivity index (χ1n) is 12.1. The molecule has 0 bridgehead atoms. The van der Waals surface area contributed by atoms with Crippen molar-refractivity contribution in [2.45, 2.75) is 11.8 Å². The SMILES string of the molecule is Cc1ccccc1Oc1ccccc1N=Nc1ccc2cc(S(=O)(=O)O)cc(NC(=O)c3ccccc3)c2c1O. The van der Waals surface area contributed by atoms with Gasteiger partial charge in [0.1, 0.15) is 17.1 Å². The molecule has 9 nitrogen and oxygen atoms in total. The minimum Gasteiger partial charge on any atom is -0.505 e. The predicted octanol–water partition coefficient (Wildman–Crippen LogP) is 7.56. The molecule has 0 saturated heterocycles. The molecule has 0 radical (unpaired) electrons. The number of carbonyl (C=O) groups excluding carboxylic acids is 1. The first-order valence-corrected chi connectivity index (χ1v) is 13.5. The Bertz CT molecular complexity index is 1870. The Morgan fingerprint density at radius 1 is 0.800 bits per heavy atom. The molecular formula is C30H23N3O6S. The van der Waals surface area contributed by atoms with Crippen molar-refractivity contribution in [3.8, 4) is 17.2 Å². The summed E-state index contributed by atoms with van der Waals surface area (Å²) in [6.45, 7) is 1.92. The summed E-state index contributed by atoms with van der Waals surface area (Å²) in [5, 5.41) is 22.7. The number of fused-ring (bicyclic) bond motifs is 1. The van der Waals surface area contributed by atoms with E-state index in [2.05, 4.69) is 15.5 Å². The van der Waals surface area contributed by atoms with Gasteiger partial charge in [-0.05, 0) is 66.4 Å². The number of hydrogen-bond donors (Lipinski definition) is 3. The molecule has 0 aromatic heterocycles. The minimum absolute atomic E-state index is 0.0307. The van der Waals surface area contributed by atoms with Gasteiger partial charge in [-0.25, -0.2) is 0 Å². The molecule has 0 aliphatic carbocycles. The Kier molecular flexibility index (Phi) is 7.28. The average Bonchev–Trinajstić information content (AvgIpc) is 2.94. The Morgan fingerprint density at radius 3 is 2.17 bits per heavy atom. The van der Waals surface area contributed by atoms with E-state index in [-0.39, 0.29) is 27.9 Å². The van der Waals surface area contributed by atoms with Gasteiger partial charge in [-0.1, -0.05) is 54.6 Å². The molecule has 3 N–H and O–H groups in total. The van der Waals surface area contributed by atoms with Gasteiger partial charge in [-0.3, -0.25) is 9.35 Å². The van der Waals surface area contributed by atoms with Crippen molar-refractivity contribution in [1.29, 1.82) is 0 Å². The summed E-state index contributed by atoms with van der Waals surface area (Å²) in [5.41, 5.74) is 1.69. The summed E-state index contributed by atoms with van der Waals surface area (Å²) in [6, 6.07) is 28.0. The number of aromatic hydroxyl groups is 1. The Balaban J connectivity index is 1.56. The van der Waals surface area contributed by atoms with E-state index in [1.54, 1.807) is 54.6 Å². The van der Waals surface area contributed by atoms with Crippen LogP contribution in [0.15, 0.2) is 118 Å². The van der Waals surface area contributed by atoms with Crippen molar-refractivity contribution in [3.63, 3.8) is 0 Å². The number of rotatable bonds is 7. The van der Waals surface area contributed by atoms with Crippen LogP contribution in [0.2, 0.25) is 0 Å². The fourth-order valence-electron chi connectivity index (χ4n) is 4.04. The monoisotopic (exact) mass is 553 g/mol. The number of anilines is 1. The lowest BCUT2D eigenvalue weighted by Gasteiger charge is -2.13. The summed E-state index contributed by atoms with van der Waals surface area (Å²) < 4.78 is 39.5. The van der Waals surface area contributed by atoms with E-state index in [1.807, 2.05) is 31.2 Å². The van der Waals surface area contributed by atoms with Crippen LogP contribution in [0.1, 0.15) is 15.9 Å². The highest BCUT2D eigenvalue weighted by atomic mass is 32.2. The Morgan fingerprint density at radius 2 is 1.45 bits per heavy atom. The van der Waals surface area contributed by atoms with E-state index in [1.165, 1.54) is 18.2 Å². The molecule has 0 atom stereocenters. The van der Waals surface area contributed by atoms with Gasteiger partial charge in [0.2, 0.25) is 0 Å². The number of ether oxygens (including phenoxy) is 1. The second kappa shape index (κ2) is 11.0. The Hall–Kier alpha value is -5.06. The standard InChI is InChI=1S/C30H23N3O6S/c1-19-9-5-7-13-26(19)39-27-14-8-6-12-23(27)32-33-24-16-15-21-17-22(40(36,37)38)18-25(28(21)29(24)34)31-30(35)20-10-3-2-4-11-20/h2-18,34H,1H3,(H,31,35)(H,36,37,38). The largest absolute Gasteiger partial charge is 0.505 e. The highest BCUT2D eigenvalue weighted by Gasteiger charge is 2.19. The third kappa shape index (κ3) is 5.68. The van der Waals surface area contributed by atoms with Crippen LogP contribution in [0.4, 0.5) is 17.1 Å². The van der Waals surface area contributed by atoms with Crippen molar-refractivity contribution in [3.05, 3.63) is 114 Å². The number of phenols is 1. The van der Waals surface area contributed by atoms with Crippen LogP contribution in [0, 0.1) is 6.92 Å². The molecule has 1 amide bonds. The lowest BCUT2D eigenvalue weighted by atomic mass is 10.1. The van der Waals surface area contributed by atoms with Gasteiger partial charge in [0.05, 0.1) is 10.6 Å². The predicted molar refractivity (Wildman–Crippen MR) is 152 cm³/mol. The van der Waals surface area contributed by atoms with Crippen LogP contribution in [-0.2, 0) is 10.1 Å². The molecule has 40 heavy (non-hydrogen) atoms. The number of nitrogens with one attached hydrogen (secondary N) is 1. The number of hydrogen-bond acceptors (Lipinski definition) is 7. The first kappa shape index (κ1) is 26.5. The summed E-state index contributed by atoms with van der Waals surface area (Å²) in [6.07, 6.45) is 0. The molecule has 0 fully saturated rings. The molecule has 0 spiro atoms. The minimum atomic E-state index is -4.61. The van der Waals surface area contributed by atoms with E-state index < -0.39 is 20.9 Å². The van der Waals surface area contributed by atoms with Crippen molar-refractivity contribution in [2.24, 2.45) is 10.2 Å². The zero-order valence-corrected chi connectivity index (χ0v) is 22.0. The van der Waals surface area contributed by atoms with Crippen LogP contribution in [0.25, 0.3) is 10.8 Å². The fraction of sp³-hybridized carbons (Fsp3) is 0.0333. The molecule has 0 heterocycles. The number of para-hydroxylation sites is 2. The number of aryl methyl sites for hydroxylation is 1. The maximum Gasteiger partial charge on any atom is 0.294 e. The lowest BCUT2D eigenvalue weighted by molar-refractivity contribution is 0.102. The van der Waals surface area contributed by atoms with Gasteiger partial charge in [0, 0.05) is 10.9 Å². The summed E-state index contributed by atoms with van der Waals surface area (Å²) in [7, 11) is -4.61. The Labute approximate surface area is 230 Å². The quantitative estimate of drug-likeness (QED) is 0.140. The van der Waals surface area contributed by atoms with Crippen molar-refractivity contribution in [2.75, 3.05) is 5.32 Å². The second-order valence-corrected chi connectivity index (χ2v) is 10.3. The van der Waals surface area contributed by atoms with E-state index in [0.29, 0.717) is 22.7 Å². The summed E-state index contributed by atoms with van der Waals surface area (Å²) in [4.78, 5) is 12.4. The number of phenolic OH excluding ortho intramolecular Hbond substituents is 1. The van der Waals surface area contributed by atoms with Gasteiger partial charge in [0.15, 0.2) is 11.5 Å². The van der Waals surface area contributed by atoms with Gasteiger partial charge in [-0.2, -0.15) is 8.42 Å². The molecule has 5 aromatic rings. The normalized spacial score (nSPS) is 11.6. The van der Waals surface area contributed by atoms with Crippen molar-refractivity contribution in [1.82, 2.24) is 0 Å². The molecule has 0 aliphatic heterocycles. The number of nitrogens with zero attached hydrogens (tertiary/aromatic N) is 2. The number of amides is 1. The van der Waals surface area contributed by atoms with E-state index in [0.717, 1.165) is 11.6 Å². The van der Waals surface area contributed by atoms with Crippen LogP contribution < -0.4 is 10.1 Å². The van der Waals surface area contributed by atoms with Crippen molar-refractivity contribution < 1.29 is 27.6 Å². The smallest absolute Gasteiger partial charge is 0.294 e. The maximum atomic E-state index is 12.9. The highest BCUT2D eigenvalue weighted by molar-refractivity contribution is 7.85.